The van der Waals surface area contributed by atoms with Gasteiger partial charge in [-0.1, -0.05) is 31.5 Å². The summed E-state index contributed by atoms with van der Waals surface area (Å²) in [6.07, 6.45) is -0.230. The van der Waals surface area contributed by atoms with Crippen molar-refractivity contribution in [1.29, 1.82) is 0 Å². The lowest BCUT2D eigenvalue weighted by molar-refractivity contribution is -0.141. The number of carbonyl (C=O) groups is 1. The van der Waals surface area contributed by atoms with Gasteiger partial charge in [0.2, 0.25) is 0 Å². The zero-order chi connectivity index (χ0) is 25.9. The van der Waals surface area contributed by atoms with E-state index < -0.39 is 17.8 Å². The largest absolute Gasteiger partial charge is 0.493 e. The number of alkyl halides is 3. The predicted octanol–water partition coefficient (Wildman–Crippen LogP) is 6.72. The summed E-state index contributed by atoms with van der Waals surface area (Å²) in [5, 5.41) is 12.5. The molecule has 0 aliphatic heterocycles. The van der Waals surface area contributed by atoms with Crippen molar-refractivity contribution >= 4 is 16.9 Å². The highest BCUT2D eigenvalue weighted by Crippen LogP contribution is 2.45. The standard InChI is InChI=1S/C27H30F3NO5/c1-3-6-19-22(10-8-20-24(19)36-31-25(20)27(28,29)30)35-14-5-13-34-18-7-9-21-17(15-18)11-12-26(21,4-2)16-23(32)33/h7-10,15H,3-6,11-14,16H2,1-2H3,(H,32,33). The highest BCUT2D eigenvalue weighted by Gasteiger charge is 2.39. The first-order valence-corrected chi connectivity index (χ1v) is 12.3. The summed E-state index contributed by atoms with van der Waals surface area (Å²) in [5.74, 6) is 0.432. The van der Waals surface area contributed by atoms with Crippen LogP contribution < -0.4 is 9.47 Å². The summed E-state index contributed by atoms with van der Waals surface area (Å²) in [6.45, 7) is 4.69. The second-order valence-corrected chi connectivity index (χ2v) is 9.27. The second kappa shape index (κ2) is 10.4. The number of hydrogen-bond donors (Lipinski definition) is 1. The van der Waals surface area contributed by atoms with Crippen LogP contribution >= 0.6 is 0 Å². The minimum atomic E-state index is -4.58. The maximum absolute atomic E-state index is 13.2. The van der Waals surface area contributed by atoms with Crippen LogP contribution in [-0.2, 0) is 29.2 Å². The molecule has 1 aliphatic carbocycles. The highest BCUT2D eigenvalue weighted by atomic mass is 19.4. The molecule has 1 heterocycles. The number of benzene rings is 2. The van der Waals surface area contributed by atoms with Gasteiger partial charge in [0.25, 0.3) is 0 Å². The van der Waals surface area contributed by atoms with Crippen molar-refractivity contribution < 1.29 is 37.1 Å². The van der Waals surface area contributed by atoms with Gasteiger partial charge in [0.05, 0.1) is 25.0 Å². The molecule has 36 heavy (non-hydrogen) atoms. The fourth-order valence-electron chi connectivity index (χ4n) is 5.16. The van der Waals surface area contributed by atoms with Gasteiger partial charge in [-0.25, -0.2) is 0 Å². The Kier molecular flexibility index (Phi) is 7.47. The molecule has 0 fully saturated rings. The monoisotopic (exact) mass is 505 g/mol. The molecule has 0 amide bonds. The van der Waals surface area contributed by atoms with Crippen LogP contribution in [0.4, 0.5) is 13.2 Å². The van der Waals surface area contributed by atoms with Crippen molar-refractivity contribution in [3.63, 3.8) is 0 Å². The number of fused-ring (bicyclic) bond motifs is 2. The number of aliphatic carboxylic acids is 1. The molecule has 1 N–H and O–H groups in total. The van der Waals surface area contributed by atoms with Crippen molar-refractivity contribution in [2.75, 3.05) is 13.2 Å². The van der Waals surface area contributed by atoms with Crippen molar-refractivity contribution in [2.45, 2.75) is 70.4 Å². The topological polar surface area (TPSA) is 81.8 Å². The SMILES string of the molecule is CCCc1c(OCCCOc2ccc3c(c2)CCC3(CC)CC(=O)O)ccc2c(C(F)(F)F)noc12. The maximum Gasteiger partial charge on any atom is 0.437 e. The van der Waals surface area contributed by atoms with E-state index in [0.29, 0.717) is 43.8 Å². The Morgan fingerprint density at radius 2 is 1.94 bits per heavy atom. The molecule has 4 rings (SSSR count). The van der Waals surface area contributed by atoms with E-state index in [2.05, 4.69) is 5.16 Å². The molecular weight excluding hydrogens is 475 g/mol. The Labute approximate surface area is 207 Å². The first-order valence-electron chi connectivity index (χ1n) is 12.3. The van der Waals surface area contributed by atoms with Crippen molar-refractivity contribution in [3.8, 4) is 11.5 Å². The molecule has 0 radical (unpaired) electrons. The number of hydrogen-bond acceptors (Lipinski definition) is 5. The average molecular weight is 506 g/mol. The maximum atomic E-state index is 13.2. The molecule has 2 aromatic carbocycles. The number of aryl methyl sites for hydroxylation is 2. The molecule has 194 valence electrons. The van der Waals surface area contributed by atoms with Crippen LogP contribution in [0.3, 0.4) is 0 Å². The molecule has 0 saturated carbocycles. The van der Waals surface area contributed by atoms with E-state index in [-0.39, 0.29) is 22.8 Å². The molecule has 1 aliphatic rings. The van der Waals surface area contributed by atoms with E-state index in [9.17, 15) is 23.1 Å². The second-order valence-electron chi connectivity index (χ2n) is 9.27. The summed E-state index contributed by atoms with van der Waals surface area (Å²) in [6, 6.07) is 8.74. The summed E-state index contributed by atoms with van der Waals surface area (Å²) in [4.78, 5) is 11.4. The first-order chi connectivity index (χ1) is 17.2. The van der Waals surface area contributed by atoms with Crippen molar-refractivity contribution in [1.82, 2.24) is 5.16 Å². The van der Waals surface area contributed by atoms with E-state index in [1.54, 1.807) is 0 Å². The van der Waals surface area contributed by atoms with E-state index in [0.717, 1.165) is 36.1 Å². The van der Waals surface area contributed by atoms with Gasteiger partial charge in [0.1, 0.15) is 11.5 Å². The van der Waals surface area contributed by atoms with Gasteiger partial charge in [-0.2, -0.15) is 13.2 Å². The summed E-state index contributed by atoms with van der Waals surface area (Å²) >= 11 is 0. The third-order valence-electron chi connectivity index (χ3n) is 6.97. The van der Waals surface area contributed by atoms with Crippen LogP contribution in [0, 0.1) is 0 Å². The number of halogens is 3. The molecule has 0 bridgehead atoms. The van der Waals surface area contributed by atoms with Gasteiger partial charge in [0.15, 0.2) is 11.3 Å². The van der Waals surface area contributed by atoms with Crippen molar-refractivity contribution in [2.24, 2.45) is 0 Å². The predicted molar refractivity (Wildman–Crippen MR) is 128 cm³/mol. The van der Waals surface area contributed by atoms with Crippen LogP contribution in [0.5, 0.6) is 11.5 Å². The smallest absolute Gasteiger partial charge is 0.437 e. The summed E-state index contributed by atoms with van der Waals surface area (Å²) in [7, 11) is 0. The van der Waals surface area contributed by atoms with Crippen molar-refractivity contribution in [3.05, 3.63) is 52.7 Å². The molecule has 0 spiro atoms. The van der Waals surface area contributed by atoms with Crippen LogP contribution in [0.2, 0.25) is 0 Å². The molecule has 1 unspecified atom stereocenters. The molecule has 3 aromatic rings. The first kappa shape index (κ1) is 25.9. The normalized spacial score (nSPS) is 17.4. The summed E-state index contributed by atoms with van der Waals surface area (Å²) in [5.41, 5.74) is 1.59. The number of ether oxygens (including phenoxy) is 2. The van der Waals surface area contributed by atoms with Gasteiger partial charge in [-0.3, -0.25) is 4.79 Å². The Balaban J connectivity index is 1.36. The van der Waals surface area contributed by atoms with Gasteiger partial charge < -0.3 is 19.1 Å². The minimum absolute atomic E-state index is 0.0614. The average Bonchev–Trinajstić information content (AvgIpc) is 3.42. The summed E-state index contributed by atoms with van der Waals surface area (Å²) < 4.78 is 56.4. The lowest BCUT2D eigenvalue weighted by Crippen LogP contribution is -2.25. The zero-order valence-corrected chi connectivity index (χ0v) is 20.4. The zero-order valence-electron chi connectivity index (χ0n) is 20.4. The van der Waals surface area contributed by atoms with Crippen LogP contribution in [0.1, 0.15) is 68.3 Å². The lowest BCUT2D eigenvalue weighted by atomic mass is 9.76. The molecular formula is C27H30F3NO5. The van der Waals surface area contributed by atoms with Gasteiger partial charge >= 0.3 is 12.1 Å². The Morgan fingerprint density at radius 1 is 1.17 bits per heavy atom. The lowest BCUT2D eigenvalue weighted by Gasteiger charge is -2.27. The van der Waals surface area contributed by atoms with Gasteiger partial charge in [-0.05, 0) is 61.1 Å². The number of carboxylic acid groups (broad SMARTS) is 1. The molecule has 9 heteroatoms. The van der Waals surface area contributed by atoms with Gasteiger partial charge in [-0.15, -0.1) is 0 Å². The van der Waals surface area contributed by atoms with E-state index >= 15 is 0 Å². The van der Waals surface area contributed by atoms with Crippen LogP contribution in [0.25, 0.3) is 11.0 Å². The highest BCUT2D eigenvalue weighted by molar-refractivity contribution is 5.85. The Bertz CT molecular complexity index is 1240. The van der Waals surface area contributed by atoms with Crippen LogP contribution in [-0.4, -0.2) is 29.4 Å². The number of carboxylic acids is 1. The van der Waals surface area contributed by atoms with Crippen LogP contribution in [0.15, 0.2) is 34.9 Å². The number of nitrogens with zero attached hydrogens (tertiary/aromatic N) is 1. The Hall–Kier alpha value is -3.23. The quantitative estimate of drug-likeness (QED) is 0.292. The molecule has 1 atom stereocenters. The fourth-order valence-corrected chi connectivity index (χ4v) is 5.16. The minimum Gasteiger partial charge on any atom is -0.493 e. The Morgan fingerprint density at radius 3 is 2.64 bits per heavy atom. The van der Waals surface area contributed by atoms with E-state index in [1.807, 2.05) is 32.0 Å². The molecule has 6 nitrogen and oxygen atoms in total. The van der Waals surface area contributed by atoms with E-state index in [4.69, 9.17) is 14.0 Å². The number of rotatable bonds is 11. The number of aromatic nitrogens is 1. The third kappa shape index (κ3) is 5.15. The molecule has 0 saturated heterocycles. The fraction of sp³-hybridized carbons (Fsp3) is 0.481. The van der Waals surface area contributed by atoms with Gasteiger partial charge in [0, 0.05) is 17.4 Å². The van der Waals surface area contributed by atoms with E-state index in [1.165, 1.54) is 12.1 Å². The molecule has 1 aromatic heterocycles. The third-order valence-corrected chi connectivity index (χ3v) is 6.97.